The van der Waals surface area contributed by atoms with Crippen LogP contribution in [0.5, 0.6) is 11.5 Å². The molecule has 0 unspecified atom stereocenters. The van der Waals surface area contributed by atoms with Gasteiger partial charge in [0.2, 0.25) is 0 Å². The van der Waals surface area contributed by atoms with Gasteiger partial charge in [0.05, 0.1) is 18.9 Å². The third kappa shape index (κ3) is 3.42. The van der Waals surface area contributed by atoms with E-state index in [9.17, 15) is 4.79 Å². The van der Waals surface area contributed by atoms with Crippen LogP contribution < -0.4 is 14.4 Å². The van der Waals surface area contributed by atoms with Gasteiger partial charge in [0.15, 0.2) is 5.13 Å². The summed E-state index contributed by atoms with van der Waals surface area (Å²) in [6.07, 6.45) is 0. The maximum atomic E-state index is 12.7. The molecule has 7 heteroatoms. The summed E-state index contributed by atoms with van der Waals surface area (Å²) < 4.78 is 11.7. The quantitative estimate of drug-likeness (QED) is 0.692. The zero-order chi connectivity index (χ0) is 18.8. The number of thiazole rings is 1. The molecule has 0 spiro atoms. The van der Waals surface area contributed by atoms with Crippen LogP contribution in [0.2, 0.25) is 0 Å². The van der Waals surface area contributed by atoms with E-state index in [-0.39, 0.29) is 5.91 Å². The van der Waals surface area contributed by atoms with E-state index in [1.807, 2.05) is 41.3 Å². The molecule has 1 saturated heterocycles. The lowest BCUT2D eigenvalue weighted by Gasteiger charge is -2.34. The van der Waals surface area contributed by atoms with Crippen LogP contribution in [-0.4, -0.2) is 56.2 Å². The smallest absolute Gasteiger partial charge is 0.253 e. The largest absolute Gasteiger partial charge is 0.497 e. The van der Waals surface area contributed by atoms with Crippen LogP contribution in [0.25, 0.3) is 10.2 Å². The predicted molar refractivity (Wildman–Crippen MR) is 107 cm³/mol. The number of fused-ring (bicyclic) bond motifs is 1. The second-order valence-electron chi connectivity index (χ2n) is 6.31. The number of piperazine rings is 1. The number of aromatic nitrogens is 1. The number of para-hydroxylation sites is 1. The van der Waals surface area contributed by atoms with Crippen molar-refractivity contribution in [3.63, 3.8) is 0 Å². The minimum absolute atomic E-state index is 0.0586. The Morgan fingerprint density at radius 1 is 1.00 bits per heavy atom. The molecule has 0 radical (unpaired) electrons. The maximum Gasteiger partial charge on any atom is 0.253 e. The molecule has 140 valence electrons. The Morgan fingerprint density at radius 3 is 2.41 bits per heavy atom. The molecule has 1 aliphatic heterocycles. The molecular formula is C20H21N3O3S. The summed E-state index contributed by atoms with van der Waals surface area (Å²) in [5, 5.41) is 0.978. The molecule has 6 nitrogen and oxygen atoms in total. The summed E-state index contributed by atoms with van der Waals surface area (Å²) in [6, 6.07) is 13.2. The van der Waals surface area contributed by atoms with Crippen molar-refractivity contribution in [3.05, 3.63) is 48.0 Å². The number of anilines is 1. The standard InChI is InChI=1S/C20H21N3O3S/c1-25-15-8-6-14(7-9-15)19(24)22-10-12-23(13-11-22)20-21-18-16(26-2)4-3-5-17(18)27-20/h3-9H,10-13H2,1-2H3. The Labute approximate surface area is 161 Å². The summed E-state index contributed by atoms with van der Waals surface area (Å²) >= 11 is 1.66. The molecular weight excluding hydrogens is 362 g/mol. The van der Waals surface area contributed by atoms with Crippen LogP contribution in [0.3, 0.4) is 0 Å². The first-order chi connectivity index (χ1) is 13.2. The monoisotopic (exact) mass is 383 g/mol. The number of nitrogens with zero attached hydrogens (tertiary/aromatic N) is 3. The molecule has 0 aliphatic carbocycles. The van der Waals surface area contributed by atoms with E-state index in [2.05, 4.69) is 11.0 Å². The zero-order valence-corrected chi connectivity index (χ0v) is 16.2. The summed E-state index contributed by atoms with van der Waals surface area (Å²) in [4.78, 5) is 21.6. The van der Waals surface area contributed by atoms with Crippen molar-refractivity contribution in [1.29, 1.82) is 0 Å². The summed E-state index contributed by atoms with van der Waals surface area (Å²) in [6.45, 7) is 2.89. The first-order valence-corrected chi connectivity index (χ1v) is 9.63. The van der Waals surface area contributed by atoms with Gasteiger partial charge < -0.3 is 19.3 Å². The van der Waals surface area contributed by atoms with Crippen molar-refractivity contribution < 1.29 is 14.3 Å². The van der Waals surface area contributed by atoms with Gasteiger partial charge in [-0.3, -0.25) is 4.79 Å². The van der Waals surface area contributed by atoms with Crippen molar-refractivity contribution in [1.82, 2.24) is 9.88 Å². The van der Waals surface area contributed by atoms with Gasteiger partial charge in [-0.2, -0.15) is 0 Å². The minimum atomic E-state index is 0.0586. The molecule has 1 fully saturated rings. The number of methoxy groups -OCH3 is 2. The van der Waals surface area contributed by atoms with Gasteiger partial charge in [0, 0.05) is 31.7 Å². The number of ether oxygens (including phenoxy) is 2. The van der Waals surface area contributed by atoms with Crippen LogP contribution in [0.4, 0.5) is 5.13 Å². The van der Waals surface area contributed by atoms with E-state index in [1.54, 1.807) is 25.6 Å². The molecule has 0 bridgehead atoms. The topological polar surface area (TPSA) is 54.9 Å². The van der Waals surface area contributed by atoms with Crippen LogP contribution in [-0.2, 0) is 0 Å². The van der Waals surface area contributed by atoms with Gasteiger partial charge in [-0.15, -0.1) is 0 Å². The summed E-state index contributed by atoms with van der Waals surface area (Å²) in [5.41, 5.74) is 1.59. The number of hydrogen-bond acceptors (Lipinski definition) is 6. The zero-order valence-electron chi connectivity index (χ0n) is 15.3. The Kier molecular flexibility index (Phi) is 4.85. The van der Waals surface area contributed by atoms with Crippen molar-refractivity contribution in [2.75, 3.05) is 45.3 Å². The van der Waals surface area contributed by atoms with Crippen molar-refractivity contribution in [2.24, 2.45) is 0 Å². The highest BCUT2D eigenvalue weighted by molar-refractivity contribution is 7.22. The van der Waals surface area contributed by atoms with Gasteiger partial charge in [-0.25, -0.2) is 4.98 Å². The average molecular weight is 383 g/mol. The van der Waals surface area contributed by atoms with Crippen LogP contribution in [0.1, 0.15) is 10.4 Å². The fourth-order valence-corrected chi connectivity index (χ4v) is 4.26. The molecule has 0 N–H and O–H groups in total. The minimum Gasteiger partial charge on any atom is -0.497 e. The fraction of sp³-hybridized carbons (Fsp3) is 0.300. The summed E-state index contributed by atoms with van der Waals surface area (Å²) in [5.74, 6) is 1.61. The SMILES string of the molecule is COc1ccc(C(=O)N2CCN(c3nc4c(OC)cccc4s3)CC2)cc1. The maximum absolute atomic E-state index is 12.7. The Bertz CT molecular complexity index is 947. The highest BCUT2D eigenvalue weighted by atomic mass is 32.1. The van der Waals surface area contributed by atoms with Gasteiger partial charge in [0.1, 0.15) is 17.0 Å². The number of amides is 1. The third-order valence-electron chi connectivity index (χ3n) is 4.76. The molecule has 1 amide bonds. The highest BCUT2D eigenvalue weighted by Gasteiger charge is 2.24. The van der Waals surface area contributed by atoms with Gasteiger partial charge >= 0.3 is 0 Å². The lowest BCUT2D eigenvalue weighted by atomic mass is 10.1. The summed E-state index contributed by atoms with van der Waals surface area (Å²) in [7, 11) is 3.28. The fourth-order valence-electron chi connectivity index (χ4n) is 3.23. The van der Waals surface area contributed by atoms with Crippen molar-refractivity contribution >= 4 is 32.6 Å². The number of hydrogen-bond donors (Lipinski definition) is 0. The van der Waals surface area contributed by atoms with Gasteiger partial charge in [-0.1, -0.05) is 17.4 Å². The van der Waals surface area contributed by atoms with E-state index in [1.165, 1.54) is 0 Å². The van der Waals surface area contributed by atoms with E-state index in [0.717, 1.165) is 39.9 Å². The molecule has 2 heterocycles. The number of benzene rings is 2. The first-order valence-electron chi connectivity index (χ1n) is 8.81. The van der Waals surface area contributed by atoms with Crippen LogP contribution in [0, 0.1) is 0 Å². The molecule has 1 aromatic heterocycles. The Hall–Kier alpha value is -2.80. The Morgan fingerprint density at radius 2 is 1.74 bits per heavy atom. The average Bonchev–Trinajstić information content (AvgIpc) is 3.18. The van der Waals surface area contributed by atoms with E-state index in [0.29, 0.717) is 18.7 Å². The molecule has 27 heavy (non-hydrogen) atoms. The third-order valence-corrected chi connectivity index (χ3v) is 5.85. The van der Waals surface area contributed by atoms with Crippen LogP contribution in [0.15, 0.2) is 42.5 Å². The predicted octanol–water partition coefficient (Wildman–Crippen LogP) is 3.28. The molecule has 0 atom stereocenters. The first kappa shape index (κ1) is 17.6. The molecule has 2 aromatic carbocycles. The second kappa shape index (κ2) is 7.44. The van der Waals surface area contributed by atoms with Crippen molar-refractivity contribution in [2.45, 2.75) is 0 Å². The van der Waals surface area contributed by atoms with Gasteiger partial charge in [0.25, 0.3) is 5.91 Å². The number of carbonyl (C=O) groups excluding carboxylic acids is 1. The number of rotatable bonds is 4. The highest BCUT2D eigenvalue weighted by Crippen LogP contribution is 2.34. The Balaban J connectivity index is 1.44. The molecule has 4 rings (SSSR count). The van der Waals surface area contributed by atoms with Crippen molar-refractivity contribution in [3.8, 4) is 11.5 Å². The molecule has 1 aliphatic rings. The lowest BCUT2D eigenvalue weighted by Crippen LogP contribution is -2.48. The molecule has 3 aromatic rings. The normalized spacial score (nSPS) is 14.4. The number of carbonyl (C=O) groups is 1. The van der Waals surface area contributed by atoms with E-state index in [4.69, 9.17) is 14.5 Å². The van der Waals surface area contributed by atoms with E-state index >= 15 is 0 Å². The lowest BCUT2D eigenvalue weighted by molar-refractivity contribution is 0.0746. The van der Waals surface area contributed by atoms with E-state index < -0.39 is 0 Å². The molecule has 0 saturated carbocycles. The van der Waals surface area contributed by atoms with Gasteiger partial charge in [-0.05, 0) is 36.4 Å². The van der Waals surface area contributed by atoms with Crippen LogP contribution >= 0.6 is 11.3 Å². The second-order valence-corrected chi connectivity index (χ2v) is 7.32.